The Kier molecular flexibility index (Phi) is 2.78. The molecule has 20 heavy (non-hydrogen) atoms. The maximum atomic E-state index is 10.8. The first-order valence-electron chi connectivity index (χ1n) is 6.47. The topological polar surface area (TPSA) is 72.6 Å². The number of rotatable bonds is 2. The second kappa shape index (κ2) is 4.37. The molecule has 3 rings (SSSR count). The summed E-state index contributed by atoms with van der Waals surface area (Å²) < 4.78 is 11.0. The lowest BCUT2D eigenvalue weighted by Crippen LogP contribution is -2.32. The van der Waals surface area contributed by atoms with Crippen molar-refractivity contribution in [2.24, 2.45) is 0 Å². The van der Waals surface area contributed by atoms with Gasteiger partial charge in [0.1, 0.15) is 11.4 Å². The monoisotopic (exact) mass is 273 g/mol. The highest BCUT2D eigenvalue weighted by Gasteiger charge is 2.26. The minimum atomic E-state index is -1.09. The fourth-order valence-corrected chi connectivity index (χ4v) is 2.32. The lowest BCUT2D eigenvalue weighted by molar-refractivity contribution is 0.0685. The van der Waals surface area contributed by atoms with Gasteiger partial charge in [-0.2, -0.15) is 0 Å². The van der Waals surface area contributed by atoms with Gasteiger partial charge in [-0.3, -0.25) is 0 Å². The van der Waals surface area contributed by atoms with Gasteiger partial charge in [0.25, 0.3) is 0 Å². The molecule has 1 aliphatic heterocycles. The van der Waals surface area contributed by atoms with Crippen LogP contribution in [0, 0.1) is 0 Å². The molecular weight excluding hydrogens is 258 g/mol. The average molecular weight is 273 g/mol. The number of benzene rings is 1. The zero-order chi connectivity index (χ0) is 14.3. The summed E-state index contributed by atoms with van der Waals surface area (Å²) in [7, 11) is 0. The molecule has 0 spiro atoms. The SMILES string of the molecule is CC1(C)CCc2cc(-c3cc(C(=O)O)no3)ccc2O1. The minimum absolute atomic E-state index is 0.0879. The quantitative estimate of drug-likeness (QED) is 0.910. The van der Waals surface area contributed by atoms with E-state index in [0.29, 0.717) is 5.76 Å². The second-order valence-corrected chi connectivity index (χ2v) is 5.57. The van der Waals surface area contributed by atoms with Gasteiger partial charge >= 0.3 is 5.97 Å². The van der Waals surface area contributed by atoms with Crippen molar-refractivity contribution in [3.05, 3.63) is 35.5 Å². The number of hydrogen-bond donors (Lipinski definition) is 1. The first kappa shape index (κ1) is 12.7. The molecule has 1 N–H and O–H groups in total. The van der Waals surface area contributed by atoms with Crippen molar-refractivity contribution in [1.29, 1.82) is 0 Å². The Labute approximate surface area is 116 Å². The van der Waals surface area contributed by atoms with Crippen molar-refractivity contribution in [1.82, 2.24) is 5.16 Å². The summed E-state index contributed by atoms with van der Waals surface area (Å²) in [5.74, 6) is 0.237. The summed E-state index contributed by atoms with van der Waals surface area (Å²) in [5, 5.41) is 12.4. The van der Waals surface area contributed by atoms with E-state index in [1.54, 1.807) is 0 Å². The number of hydrogen-bond acceptors (Lipinski definition) is 4. The fraction of sp³-hybridized carbons (Fsp3) is 0.333. The number of ether oxygens (including phenoxy) is 1. The van der Waals surface area contributed by atoms with Crippen LogP contribution in [0.3, 0.4) is 0 Å². The molecule has 1 aromatic carbocycles. The number of fused-ring (bicyclic) bond motifs is 1. The normalized spacial score (nSPS) is 16.3. The zero-order valence-corrected chi connectivity index (χ0v) is 11.3. The van der Waals surface area contributed by atoms with Crippen molar-refractivity contribution in [2.45, 2.75) is 32.3 Å². The van der Waals surface area contributed by atoms with Gasteiger partial charge in [-0.1, -0.05) is 5.16 Å². The van der Waals surface area contributed by atoms with Crippen LogP contribution in [0.4, 0.5) is 0 Å². The summed E-state index contributed by atoms with van der Waals surface area (Å²) in [6.07, 6.45) is 1.87. The summed E-state index contributed by atoms with van der Waals surface area (Å²) in [4.78, 5) is 10.8. The number of carboxylic acid groups (broad SMARTS) is 1. The number of carboxylic acids is 1. The smallest absolute Gasteiger partial charge is 0.358 e. The second-order valence-electron chi connectivity index (χ2n) is 5.57. The molecule has 2 heterocycles. The van der Waals surface area contributed by atoms with Crippen LogP contribution in [-0.2, 0) is 6.42 Å². The van der Waals surface area contributed by atoms with E-state index in [-0.39, 0.29) is 11.3 Å². The molecule has 5 heteroatoms. The van der Waals surface area contributed by atoms with Crippen LogP contribution in [0.25, 0.3) is 11.3 Å². The van der Waals surface area contributed by atoms with Crippen LogP contribution in [0.5, 0.6) is 5.75 Å². The van der Waals surface area contributed by atoms with Gasteiger partial charge < -0.3 is 14.4 Å². The van der Waals surface area contributed by atoms with Gasteiger partial charge in [0.15, 0.2) is 11.5 Å². The van der Waals surface area contributed by atoms with Crippen molar-refractivity contribution in [3.8, 4) is 17.1 Å². The summed E-state index contributed by atoms with van der Waals surface area (Å²) >= 11 is 0. The minimum Gasteiger partial charge on any atom is -0.488 e. The highest BCUT2D eigenvalue weighted by Crippen LogP contribution is 2.35. The Balaban J connectivity index is 1.94. The van der Waals surface area contributed by atoms with E-state index in [9.17, 15) is 4.79 Å². The van der Waals surface area contributed by atoms with Crippen molar-refractivity contribution >= 4 is 5.97 Å². The molecule has 0 aliphatic carbocycles. The summed E-state index contributed by atoms with van der Waals surface area (Å²) in [5.41, 5.74) is 1.69. The van der Waals surface area contributed by atoms with E-state index in [0.717, 1.165) is 29.7 Å². The van der Waals surface area contributed by atoms with Crippen LogP contribution < -0.4 is 4.74 Å². The highest BCUT2D eigenvalue weighted by atomic mass is 16.5. The van der Waals surface area contributed by atoms with Crippen molar-refractivity contribution in [3.63, 3.8) is 0 Å². The van der Waals surface area contributed by atoms with Gasteiger partial charge in [0.2, 0.25) is 0 Å². The molecule has 1 aromatic heterocycles. The fourth-order valence-electron chi connectivity index (χ4n) is 2.32. The third-order valence-electron chi connectivity index (χ3n) is 3.46. The first-order chi connectivity index (χ1) is 9.44. The summed E-state index contributed by atoms with van der Waals surface area (Å²) in [6.45, 7) is 4.14. The maximum Gasteiger partial charge on any atom is 0.358 e. The van der Waals surface area contributed by atoms with Gasteiger partial charge in [-0.25, -0.2) is 4.79 Å². The largest absolute Gasteiger partial charge is 0.488 e. The van der Waals surface area contributed by atoms with E-state index in [2.05, 4.69) is 19.0 Å². The van der Waals surface area contributed by atoms with Crippen LogP contribution >= 0.6 is 0 Å². The maximum absolute atomic E-state index is 10.8. The number of aromatic nitrogens is 1. The number of nitrogens with zero attached hydrogens (tertiary/aromatic N) is 1. The van der Waals surface area contributed by atoms with Gasteiger partial charge in [0.05, 0.1) is 0 Å². The Bertz CT molecular complexity index is 672. The van der Waals surface area contributed by atoms with E-state index < -0.39 is 5.97 Å². The lowest BCUT2D eigenvalue weighted by atomic mass is 9.93. The predicted octanol–water partition coefficient (Wildman–Crippen LogP) is 3.14. The average Bonchev–Trinajstić information content (AvgIpc) is 2.87. The zero-order valence-electron chi connectivity index (χ0n) is 11.3. The molecule has 104 valence electrons. The van der Waals surface area contributed by atoms with Crippen LogP contribution in [-0.4, -0.2) is 21.8 Å². The number of aryl methyl sites for hydroxylation is 1. The predicted molar refractivity (Wildman–Crippen MR) is 71.9 cm³/mol. The summed E-state index contributed by atoms with van der Waals surface area (Å²) in [6, 6.07) is 7.15. The number of aromatic carboxylic acids is 1. The molecular formula is C15H15NO4. The third-order valence-corrected chi connectivity index (χ3v) is 3.46. The highest BCUT2D eigenvalue weighted by molar-refractivity contribution is 5.86. The molecule has 0 bridgehead atoms. The van der Waals surface area contributed by atoms with Gasteiger partial charge in [0, 0.05) is 11.6 Å². The van der Waals surface area contributed by atoms with Gasteiger partial charge in [-0.15, -0.1) is 0 Å². The molecule has 1 aliphatic rings. The standard InChI is InChI=1S/C15H15NO4/c1-15(2)6-5-10-7-9(3-4-12(10)19-15)13-8-11(14(17)18)16-20-13/h3-4,7-8H,5-6H2,1-2H3,(H,17,18). The van der Waals surface area contributed by atoms with Gasteiger partial charge in [-0.05, 0) is 50.5 Å². The molecule has 0 amide bonds. The molecule has 0 saturated heterocycles. The van der Waals surface area contributed by atoms with Crippen molar-refractivity contribution < 1.29 is 19.2 Å². The molecule has 5 nitrogen and oxygen atoms in total. The molecule has 0 radical (unpaired) electrons. The van der Waals surface area contributed by atoms with E-state index in [4.69, 9.17) is 14.4 Å². The Hall–Kier alpha value is -2.30. The van der Waals surface area contributed by atoms with E-state index in [1.807, 2.05) is 18.2 Å². The van der Waals surface area contributed by atoms with Crippen LogP contribution in [0.1, 0.15) is 36.3 Å². The van der Waals surface area contributed by atoms with Crippen LogP contribution in [0.15, 0.2) is 28.8 Å². The van der Waals surface area contributed by atoms with Crippen LogP contribution in [0.2, 0.25) is 0 Å². The molecule has 0 atom stereocenters. The first-order valence-corrected chi connectivity index (χ1v) is 6.47. The number of carbonyl (C=O) groups is 1. The Morgan fingerprint density at radius 2 is 2.15 bits per heavy atom. The lowest BCUT2D eigenvalue weighted by Gasteiger charge is -2.32. The molecule has 0 unspecified atom stereocenters. The van der Waals surface area contributed by atoms with E-state index >= 15 is 0 Å². The molecule has 0 fully saturated rings. The van der Waals surface area contributed by atoms with Crippen molar-refractivity contribution in [2.75, 3.05) is 0 Å². The Morgan fingerprint density at radius 3 is 2.85 bits per heavy atom. The van der Waals surface area contributed by atoms with E-state index in [1.165, 1.54) is 6.07 Å². The molecule has 0 saturated carbocycles. The third kappa shape index (κ3) is 2.27. The Morgan fingerprint density at radius 1 is 1.35 bits per heavy atom. The molecule has 2 aromatic rings.